The van der Waals surface area contributed by atoms with Gasteiger partial charge in [0, 0.05) is 19.5 Å². The molecule has 1 aliphatic heterocycles. The molecule has 2 saturated carbocycles. The van der Waals surface area contributed by atoms with Crippen LogP contribution in [0.1, 0.15) is 58.8 Å². The normalized spacial score (nSPS) is 32.8. The van der Waals surface area contributed by atoms with Crippen molar-refractivity contribution in [3.63, 3.8) is 0 Å². The maximum absolute atomic E-state index is 12.9. The fraction of sp³-hybridized carbons (Fsp3) is 0.875. The topological polar surface area (TPSA) is 49.4 Å². The lowest BCUT2D eigenvalue weighted by Crippen LogP contribution is -2.57. The second-order valence-corrected chi connectivity index (χ2v) is 7.25. The molecule has 1 N–H and O–H groups in total. The Bertz CT molecular complexity index is 426. The Morgan fingerprint density at radius 1 is 1.30 bits per heavy atom. The van der Waals surface area contributed by atoms with E-state index < -0.39 is 5.54 Å². The molecule has 1 saturated heterocycles. The first-order valence-electron chi connectivity index (χ1n) is 8.09. The van der Waals surface area contributed by atoms with Crippen molar-refractivity contribution < 1.29 is 9.59 Å². The zero-order valence-electron chi connectivity index (χ0n) is 12.7. The van der Waals surface area contributed by atoms with Gasteiger partial charge < -0.3 is 10.2 Å². The molecule has 0 aromatic rings. The van der Waals surface area contributed by atoms with E-state index in [2.05, 4.69) is 12.2 Å². The van der Waals surface area contributed by atoms with E-state index in [4.69, 9.17) is 0 Å². The Labute approximate surface area is 121 Å². The van der Waals surface area contributed by atoms with Gasteiger partial charge in [-0.3, -0.25) is 9.59 Å². The van der Waals surface area contributed by atoms with Crippen LogP contribution in [0.4, 0.5) is 0 Å². The quantitative estimate of drug-likeness (QED) is 0.837. The molecule has 4 heteroatoms. The summed E-state index contributed by atoms with van der Waals surface area (Å²) in [6.45, 7) is 5.60. The fourth-order valence-corrected chi connectivity index (χ4v) is 3.76. The number of amides is 2. The van der Waals surface area contributed by atoms with Crippen molar-refractivity contribution >= 4 is 11.8 Å². The largest absolute Gasteiger partial charge is 0.342 e. The Hall–Kier alpha value is -1.06. The van der Waals surface area contributed by atoms with Crippen LogP contribution >= 0.6 is 0 Å². The van der Waals surface area contributed by atoms with Gasteiger partial charge in [-0.1, -0.05) is 13.3 Å². The molecule has 3 fully saturated rings. The molecule has 4 nitrogen and oxygen atoms in total. The molecule has 1 unspecified atom stereocenters. The molecule has 3 rings (SSSR count). The highest BCUT2D eigenvalue weighted by Gasteiger charge is 2.53. The average Bonchev–Trinajstić information content (AvgIpc) is 3.26. The van der Waals surface area contributed by atoms with Gasteiger partial charge >= 0.3 is 0 Å². The second kappa shape index (κ2) is 4.74. The first kappa shape index (κ1) is 13.9. The molecule has 2 aliphatic carbocycles. The lowest BCUT2D eigenvalue weighted by Gasteiger charge is -2.34. The third kappa shape index (κ3) is 2.45. The zero-order valence-corrected chi connectivity index (χ0v) is 12.7. The number of nitrogens with one attached hydrogen (secondary N) is 1. The number of carbonyl (C=O) groups excluding carboxylic acids is 2. The monoisotopic (exact) mass is 278 g/mol. The lowest BCUT2D eigenvalue weighted by atomic mass is 9.92. The summed E-state index contributed by atoms with van der Waals surface area (Å²) in [5, 5.41) is 3.00. The Balaban J connectivity index is 1.76. The molecule has 0 radical (unpaired) electrons. The van der Waals surface area contributed by atoms with Crippen LogP contribution in [0.3, 0.4) is 0 Å². The van der Waals surface area contributed by atoms with E-state index in [0.29, 0.717) is 24.3 Å². The van der Waals surface area contributed by atoms with Crippen LogP contribution in [-0.2, 0) is 9.59 Å². The molecule has 2 amide bonds. The minimum atomic E-state index is -0.643. The van der Waals surface area contributed by atoms with Gasteiger partial charge in [-0.25, -0.2) is 0 Å². The zero-order chi connectivity index (χ0) is 14.4. The summed E-state index contributed by atoms with van der Waals surface area (Å²) < 4.78 is 0. The van der Waals surface area contributed by atoms with Gasteiger partial charge in [-0.05, 0) is 50.4 Å². The van der Waals surface area contributed by atoms with E-state index >= 15 is 0 Å². The summed E-state index contributed by atoms with van der Waals surface area (Å²) in [6.07, 6.45) is 7.46. The Kier molecular flexibility index (Phi) is 3.30. The lowest BCUT2D eigenvalue weighted by molar-refractivity contribution is -0.139. The van der Waals surface area contributed by atoms with Crippen molar-refractivity contribution in [1.82, 2.24) is 10.2 Å². The van der Waals surface area contributed by atoms with Crippen LogP contribution in [0.25, 0.3) is 0 Å². The van der Waals surface area contributed by atoms with E-state index in [1.165, 1.54) is 25.7 Å². The first-order valence-corrected chi connectivity index (χ1v) is 8.09. The van der Waals surface area contributed by atoms with Gasteiger partial charge in [0.2, 0.25) is 11.8 Å². The van der Waals surface area contributed by atoms with Crippen LogP contribution in [0.15, 0.2) is 0 Å². The van der Waals surface area contributed by atoms with Crippen LogP contribution in [0, 0.1) is 11.3 Å². The number of carbonyl (C=O) groups is 2. The van der Waals surface area contributed by atoms with Crippen LogP contribution in [0.5, 0.6) is 0 Å². The molecular weight excluding hydrogens is 252 g/mol. The maximum Gasteiger partial charge on any atom is 0.248 e. The van der Waals surface area contributed by atoms with E-state index in [9.17, 15) is 9.59 Å². The van der Waals surface area contributed by atoms with Crippen molar-refractivity contribution in [1.29, 1.82) is 0 Å². The molecule has 0 bridgehead atoms. The summed E-state index contributed by atoms with van der Waals surface area (Å²) in [7, 11) is 0. The van der Waals surface area contributed by atoms with Gasteiger partial charge in [0.1, 0.15) is 5.54 Å². The summed E-state index contributed by atoms with van der Waals surface area (Å²) in [4.78, 5) is 26.8. The molecule has 3 aliphatic rings. The van der Waals surface area contributed by atoms with Gasteiger partial charge in [-0.2, -0.15) is 0 Å². The van der Waals surface area contributed by atoms with Gasteiger partial charge in [0.25, 0.3) is 0 Å². The summed E-state index contributed by atoms with van der Waals surface area (Å²) in [5.74, 6) is 0.546. The molecule has 112 valence electrons. The number of hydrogen-bond acceptors (Lipinski definition) is 2. The highest BCUT2D eigenvalue weighted by Crippen LogP contribution is 2.51. The number of hydrogen-bond donors (Lipinski definition) is 1. The van der Waals surface area contributed by atoms with Crippen LogP contribution < -0.4 is 5.32 Å². The molecule has 1 heterocycles. The van der Waals surface area contributed by atoms with Crippen molar-refractivity contribution in [3.05, 3.63) is 0 Å². The van der Waals surface area contributed by atoms with Crippen LogP contribution in [-0.4, -0.2) is 35.3 Å². The van der Waals surface area contributed by atoms with Crippen molar-refractivity contribution in [2.24, 2.45) is 11.3 Å². The fourth-order valence-electron chi connectivity index (χ4n) is 3.76. The van der Waals surface area contributed by atoms with Crippen LogP contribution in [0.2, 0.25) is 0 Å². The molecular formula is C16H26N2O2. The highest BCUT2D eigenvalue weighted by atomic mass is 16.2. The van der Waals surface area contributed by atoms with E-state index in [1.807, 2.05) is 11.8 Å². The summed E-state index contributed by atoms with van der Waals surface area (Å²) in [6, 6.07) is 0. The van der Waals surface area contributed by atoms with Crippen molar-refractivity contribution in [3.8, 4) is 0 Å². The third-order valence-electron chi connectivity index (χ3n) is 5.40. The van der Waals surface area contributed by atoms with Gasteiger partial charge in [-0.15, -0.1) is 0 Å². The van der Waals surface area contributed by atoms with Crippen molar-refractivity contribution in [2.75, 3.05) is 13.1 Å². The summed E-state index contributed by atoms with van der Waals surface area (Å²) in [5.41, 5.74) is -0.280. The smallest absolute Gasteiger partial charge is 0.248 e. The SMILES string of the molecule is CCCC1(CN2CCC(=O)NC(C)(C3CC3)C2=O)CC1. The third-order valence-corrected chi connectivity index (χ3v) is 5.40. The van der Waals surface area contributed by atoms with E-state index in [0.717, 1.165) is 19.4 Å². The predicted octanol–water partition coefficient (Wildman–Crippen LogP) is 2.08. The standard InChI is InChI=1S/C16H26N2O2/c1-3-7-16(8-9-16)11-18-10-6-13(19)17-15(2,14(18)20)12-4-5-12/h12H,3-11H2,1-2H3,(H,17,19). The summed E-state index contributed by atoms with van der Waals surface area (Å²) >= 11 is 0. The second-order valence-electron chi connectivity index (χ2n) is 7.25. The maximum atomic E-state index is 12.9. The van der Waals surface area contributed by atoms with Gasteiger partial charge in [0.05, 0.1) is 0 Å². The number of nitrogens with zero attached hydrogens (tertiary/aromatic N) is 1. The molecule has 20 heavy (non-hydrogen) atoms. The van der Waals surface area contributed by atoms with Gasteiger partial charge in [0.15, 0.2) is 0 Å². The minimum absolute atomic E-state index is 0.0376. The number of rotatable bonds is 5. The molecule has 0 aromatic heterocycles. The Morgan fingerprint density at radius 2 is 2.00 bits per heavy atom. The van der Waals surface area contributed by atoms with Crippen molar-refractivity contribution in [2.45, 2.75) is 64.3 Å². The van der Waals surface area contributed by atoms with E-state index in [-0.39, 0.29) is 11.8 Å². The Morgan fingerprint density at radius 3 is 2.55 bits per heavy atom. The first-order chi connectivity index (χ1) is 9.49. The predicted molar refractivity (Wildman–Crippen MR) is 77.0 cm³/mol. The highest BCUT2D eigenvalue weighted by molar-refractivity contribution is 5.93. The minimum Gasteiger partial charge on any atom is -0.342 e. The molecule has 0 aromatic carbocycles. The molecule has 1 atom stereocenters. The molecule has 0 spiro atoms. The average molecular weight is 278 g/mol. The van der Waals surface area contributed by atoms with E-state index in [1.54, 1.807) is 0 Å².